The molecule has 0 saturated carbocycles. The monoisotopic (exact) mass is 390 g/mol. The van der Waals surface area contributed by atoms with Crippen LogP contribution in [0.3, 0.4) is 0 Å². The average Bonchev–Trinajstić information content (AvgIpc) is 3.59. The van der Waals surface area contributed by atoms with Crippen LogP contribution in [0.4, 0.5) is 0 Å². The number of methoxy groups -OCH3 is 2. The molecular formula is C21H18FeO4. The molecule has 0 radical (unpaired) electrons. The fourth-order valence-corrected chi connectivity index (χ4v) is 92.5. The van der Waals surface area contributed by atoms with E-state index in [0.717, 1.165) is 15.4 Å². The summed E-state index contributed by atoms with van der Waals surface area (Å²) in [5.41, 5.74) is 0.747. The topological polar surface area (TPSA) is 48.7 Å². The van der Waals surface area contributed by atoms with Gasteiger partial charge in [-0.1, -0.05) is 0 Å². The Kier molecular flexibility index (Phi) is 0.491. The molecular weight excluding hydrogens is 372 g/mol. The van der Waals surface area contributed by atoms with E-state index in [2.05, 4.69) is 0 Å². The molecule has 2 aromatic rings. The summed E-state index contributed by atoms with van der Waals surface area (Å²) in [7, 11) is 3.25. The molecule has 12 rings (SSSR count). The average molecular weight is 390 g/mol. The number of fused-ring (bicyclic) bond motifs is 11. The van der Waals surface area contributed by atoms with E-state index in [1.807, 2.05) is 12.1 Å². The van der Waals surface area contributed by atoms with E-state index in [-0.39, 0.29) is 5.43 Å². The van der Waals surface area contributed by atoms with Crippen LogP contribution in [0.15, 0.2) is 27.4 Å². The zero-order chi connectivity index (χ0) is 16.7. The van der Waals surface area contributed by atoms with Gasteiger partial charge in [-0.25, -0.2) is 0 Å². The predicted molar refractivity (Wildman–Crippen MR) is 91.0 cm³/mol. The van der Waals surface area contributed by atoms with Gasteiger partial charge in [0.15, 0.2) is 0 Å². The Morgan fingerprint density at radius 2 is 1.58 bits per heavy atom. The Hall–Kier alpha value is -1.45. The second-order valence-electron chi connectivity index (χ2n) is 12.9. The first-order chi connectivity index (χ1) is 12.4. The standard InChI is InChI=1S/C16H13O4.C5H5.Fe/c1-18-11-7-14(19-2)16-12(17)9-13(20-15(16)8-11)10-5-3-4-6-10;1-2-4-5-3-1;/h3-9H,1-2H3;1-5H;. The molecule has 4 unspecified atom stereocenters. The van der Waals surface area contributed by atoms with Gasteiger partial charge >= 0.3 is 139 Å². The Morgan fingerprint density at radius 1 is 0.923 bits per heavy atom. The Bertz CT molecular complexity index is 1590. The van der Waals surface area contributed by atoms with Gasteiger partial charge in [0, 0.05) is 0 Å². The molecule has 4 nitrogen and oxygen atoms in total. The van der Waals surface area contributed by atoms with Gasteiger partial charge in [-0.2, -0.15) is 0 Å². The van der Waals surface area contributed by atoms with Crippen molar-refractivity contribution < 1.29 is 20.4 Å². The van der Waals surface area contributed by atoms with Crippen LogP contribution in [0.25, 0.3) is 11.0 Å². The summed E-state index contributed by atoms with van der Waals surface area (Å²) in [6.07, 6.45) is 0. The van der Waals surface area contributed by atoms with Crippen LogP contribution < -0.4 is 14.9 Å². The normalized spacial score (nSPS) is 81.8. The Labute approximate surface area is 139 Å². The molecule has 1 aromatic carbocycles. The zero-order valence-electron chi connectivity index (χ0n) is 14.4. The number of ether oxygens (including phenoxy) is 2. The minimum absolute atomic E-state index is 0.0803. The van der Waals surface area contributed by atoms with E-state index >= 15 is 0 Å². The number of benzene rings is 1. The van der Waals surface area contributed by atoms with E-state index in [4.69, 9.17) is 13.9 Å². The molecule has 10 aliphatic rings. The number of rotatable bonds is 3. The molecule has 134 valence electrons. The molecule has 5 heteroatoms. The molecule has 10 saturated heterocycles. The van der Waals surface area contributed by atoms with Crippen molar-refractivity contribution in [2.75, 3.05) is 14.2 Å². The fraction of sp³-hybridized carbons (Fsp3) is 0.571. The van der Waals surface area contributed by atoms with Gasteiger partial charge in [0.25, 0.3) is 0 Å². The first kappa shape index (κ1) is 10.8. The molecule has 0 amide bonds. The van der Waals surface area contributed by atoms with Crippen molar-refractivity contribution in [1.82, 2.24) is 0 Å². The maximum atomic E-state index is 13.1. The van der Waals surface area contributed by atoms with Crippen LogP contribution in [0, 0.1) is 0 Å². The zero-order valence-corrected chi connectivity index (χ0v) is 15.5. The van der Waals surface area contributed by atoms with E-state index in [1.165, 1.54) is 33.7 Å². The third kappa shape index (κ3) is 0.168. The molecule has 10 aliphatic heterocycles. The van der Waals surface area contributed by atoms with E-state index in [0.29, 0.717) is 26.8 Å². The van der Waals surface area contributed by atoms with Crippen molar-refractivity contribution in [2.45, 2.75) is 47.7 Å². The summed E-state index contributed by atoms with van der Waals surface area (Å²) < 4.78 is 18.0. The molecule has 0 aliphatic carbocycles. The first-order valence-electron chi connectivity index (χ1n) is 9.83. The van der Waals surface area contributed by atoms with Crippen molar-refractivity contribution >= 4 is 11.0 Å². The molecule has 10 fully saturated rings. The second-order valence-corrected chi connectivity index (χ2v) is 36.4. The molecule has 0 bridgehead atoms. The van der Waals surface area contributed by atoms with Crippen molar-refractivity contribution in [1.29, 1.82) is 0 Å². The van der Waals surface area contributed by atoms with Crippen LogP contribution in [-0.4, -0.2) is 14.2 Å². The van der Waals surface area contributed by atoms with Gasteiger partial charge in [-0.3, -0.25) is 0 Å². The third-order valence-electron chi connectivity index (χ3n) is 17.3. The molecule has 4 atom stereocenters. The summed E-state index contributed by atoms with van der Waals surface area (Å²) in [5.74, 6) is 2.38. The van der Waals surface area contributed by atoms with Gasteiger partial charge in [-0.15, -0.1) is 0 Å². The quantitative estimate of drug-likeness (QED) is 0.719. The van der Waals surface area contributed by atoms with Crippen LogP contribution in [0.5, 0.6) is 11.5 Å². The molecule has 1 spiro atoms. The Balaban J connectivity index is 1.28. The summed E-state index contributed by atoms with van der Waals surface area (Å²) in [5, 5.41) is 0.573. The summed E-state index contributed by atoms with van der Waals surface area (Å²) in [6.45, 7) is -3.33. The van der Waals surface area contributed by atoms with Crippen LogP contribution >= 0.6 is 0 Å². The maximum absolute atomic E-state index is 13.1. The molecule has 1 aromatic heterocycles. The first-order valence-corrected chi connectivity index (χ1v) is 16.1. The SMILES string of the molecule is COc1cc(OC)c2c(=O)cc([C]34[CH]5[CH]6[CH]7[CH]3[Fe]6754389%10[CH]4[CH]3[CH]8[CH]9[CH]4%10)oc2c1. The van der Waals surface area contributed by atoms with Crippen molar-refractivity contribution in [3.63, 3.8) is 0 Å². The summed E-state index contributed by atoms with van der Waals surface area (Å²) in [4.78, 5) is 23.9. The summed E-state index contributed by atoms with van der Waals surface area (Å²) in [6, 6.07) is 5.57. The molecule has 26 heavy (non-hydrogen) atoms. The van der Waals surface area contributed by atoms with Gasteiger partial charge in [-0.05, 0) is 0 Å². The van der Waals surface area contributed by atoms with E-state index in [1.54, 1.807) is 20.3 Å². The van der Waals surface area contributed by atoms with Crippen LogP contribution in [0.1, 0.15) is 5.76 Å². The summed E-state index contributed by atoms with van der Waals surface area (Å²) >= 11 is 0. The van der Waals surface area contributed by atoms with Gasteiger partial charge < -0.3 is 0 Å². The second kappa shape index (κ2) is 1.18. The Morgan fingerprint density at radius 3 is 2.04 bits per heavy atom. The third-order valence-corrected chi connectivity index (χ3v) is 59.6. The van der Waals surface area contributed by atoms with Crippen LogP contribution in [0.2, 0.25) is 43.3 Å². The van der Waals surface area contributed by atoms with Gasteiger partial charge in [0.05, 0.1) is 0 Å². The van der Waals surface area contributed by atoms with Gasteiger partial charge in [0.2, 0.25) is 0 Å². The fourth-order valence-electron chi connectivity index (χ4n) is 18.6. The van der Waals surface area contributed by atoms with Crippen LogP contribution in [-0.2, 0) is 10.8 Å². The molecule has 0 N–H and O–H groups in total. The van der Waals surface area contributed by atoms with E-state index < -0.39 is 6.51 Å². The van der Waals surface area contributed by atoms with E-state index in [9.17, 15) is 4.79 Å². The van der Waals surface area contributed by atoms with Crippen molar-refractivity contribution in [3.05, 3.63) is 34.2 Å². The van der Waals surface area contributed by atoms with Crippen molar-refractivity contribution in [2.24, 2.45) is 0 Å². The predicted octanol–water partition coefficient (Wildman–Crippen LogP) is 4.61. The number of hydrogen-bond acceptors (Lipinski definition) is 4. The number of hydrogen-bond donors (Lipinski definition) is 0. The van der Waals surface area contributed by atoms with Gasteiger partial charge in [0.1, 0.15) is 0 Å². The van der Waals surface area contributed by atoms with Crippen molar-refractivity contribution in [3.8, 4) is 11.5 Å². The minimum atomic E-state index is -3.33. The molecule has 11 heterocycles.